The zero-order valence-electron chi connectivity index (χ0n) is 18.3. The third kappa shape index (κ3) is 5.78. The molecule has 8 nitrogen and oxygen atoms in total. The Balaban J connectivity index is 1.55. The van der Waals surface area contributed by atoms with E-state index in [2.05, 4.69) is 15.1 Å². The molecule has 8 heteroatoms. The fourth-order valence-electron chi connectivity index (χ4n) is 4.00. The Morgan fingerprint density at radius 2 is 1.83 bits per heavy atom. The van der Waals surface area contributed by atoms with Gasteiger partial charge in [0.2, 0.25) is 5.91 Å². The summed E-state index contributed by atoms with van der Waals surface area (Å²) in [4.78, 5) is 23.7. The van der Waals surface area contributed by atoms with Crippen molar-refractivity contribution in [3.8, 4) is 11.5 Å². The number of methoxy groups -OCH3 is 1. The number of likely N-dealkylation sites (tertiary alicyclic amines) is 1. The number of phenolic OH excluding ortho intramolecular Hbond substituents is 1. The molecular formula is C22H35N5O3. The molecule has 2 heterocycles. The lowest BCUT2D eigenvalue weighted by atomic mass is 10.1. The van der Waals surface area contributed by atoms with Crippen LogP contribution in [0.2, 0.25) is 0 Å². The number of carbonyl (C=O) groups is 1. The van der Waals surface area contributed by atoms with E-state index in [1.165, 1.54) is 6.42 Å². The number of ether oxygens (including phenoxy) is 1. The summed E-state index contributed by atoms with van der Waals surface area (Å²) in [5, 5.41) is 13.6. The molecule has 0 unspecified atom stereocenters. The predicted molar refractivity (Wildman–Crippen MR) is 118 cm³/mol. The molecule has 166 valence electrons. The molecule has 30 heavy (non-hydrogen) atoms. The van der Waals surface area contributed by atoms with Crippen molar-refractivity contribution in [3.63, 3.8) is 0 Å². The molecule has 0 saturated carbocycles. The number of benzene rings is 1. The number of piperazine rings is 1. The van der Waals surface area contributed by atoms with Crippen molar-refractivity contribution in [1.29, 1.82) is 0 Å². The van der Waals surface area contributed by atoms with Crippen molar-refractivity contribution in [1.82, 2.24) is 20.0 Å². The summed E-state index contributed by atoms with van der Waals surface area (Å²) in [5.74, 6) is 1.69. The van der Waals surface area contributed by atoms with Crippen LogP contribution in [0.3, 0.4) is 0 Å². The molecule has 0 aliphatic carbocycles. The first-order valence-electron chi connectivity index (χ1n) is 11.0. The Labute approximate surface area is 179 Å². The van der Waals surface area contributed by atoms with Crippen LogP contribution in [0, 0.1) is 0 Å². The number of piperidine rings is 1. The SMILES string of the molecule is CCNC(=NCc1cccc(OC)c1O)N1CCN(CC(=O)N2CCCCC2)CC1. The molecule has 0 radical (unpaired) electrons. The van der Waals surface area contributed by atoms with Crippen molar-refractivity contribution in [2.24, 2.45) is 4.99 Å². The van der Waals surface area contributed by atoms with E-state index in [1.54, 1.807) is 13.2 Å². The number of rotatable bonds is 6. The van der Waals surface area contributed by atoms with Gasteiger partial charge in [-0.2, -0.15) is 0 Å². The van der Waals surface area contributed by atoms with Crippen LogP contribution in [0.4, 0.5) is 0 Å². The van der Waals surface area contributed by atoms with Gasteiger partial charge in [-0.3, -0.25) is 9.69 Å². The Morgan fingerprint density at radius 3 is 2.50 bits per heavy atom. The second-order valence-electron chi connectivity index (χ2n) is 7.84. The van der Waals surface area contributed by atoms with Gasteiger partial charge in [-0.05, 0) is 32.3 Å². The fraction of sp³-hybridized carbons (Fsp3) is 0.636. The van der Waals surface area contributed by atoms with Crippen LogP contribution in [0.15, 0.2) is 23.2 Å². The third-order valence-electron chi connectivity index (χ3n) is 5.78. The number of phenols is 1. The van der Waals surface area contributed by atoms with Crippen molar-refractivity contribution in [2.45, 2.75) is 32.7 Å². The quantitative estimate of drug-likeness (QED) is 0.539. The molecule has 0 atom stereocenters. The van der Waals surface area contributed by atoms with Gasteiger partial charge < -0.3 is 25.0 Å². The summed E-state index contributed by atoms with van der Waals surface area (Å²) in [6, 6.07) is 5.45. The highest BCUT2D eigenvalue weighted by Crippen LogP contribution is 2.29. The minimum absolute atomic E-state index is 0.139. The Kier molecular flexibility index (Phi) is 8.19. The smallest absolute Gasteiger partial charge is 0.236 e. The van der Waals surface area contributed by atoms with Gasteiger partial charge in [-0.1, -0.05) is 12.1 Å². The largest absolute Gasteiger partial charge is 0.504 e. The maximum absolute atomic E-state index is 12.5. The number of nitrogens with zero attached hydrogens (tertiary/aromatic N) is 4. The lowest BCUT2D eigenvalue weighted by Crippen LogP contribution is -2.54. The number of carbonyl (C=O) groups excluding carboxylic acids is 1. The highest BCUT2D eigenvalue weighted by atomic mass is 16.5. The molecular weight excluding hydrogens is 382 g/mol. The Bertz CT molecular complexity index is 725. The normalized spacial score (nSPS) is 18.4. The van der Waals surface area contributed by atoms with Gasteiger partial charge in [-0.25, -0.2) is 4.99 Å². The van der Waals surface area contributed by atoms with Crippen LogP contribution in [-0.2, 0) is 11.3 Å². The van der Waals surface area contributed by atoms with E-state index in [0.717, 1.165) is 70.2 Å². The van der Waals surface area contributed by atoms with Gasteiger partial charge in [-0.15, -0.1) is 0 Å². The Hall–Kier alpha value is -2.48. The third-order valence-corrected chi connectivity index (χ3v) is 5.78. The number of nitrogens with one attached hydrogen (secondary N) is 1. The number of hydrogen-bond donors (Lipinski definition) is 2. The second-order valence-corrected chi connectivity index (χ2v) is 7.84. The van der Waals surface area contributed by atoms with E-state index >= 15 is 0 Å². The first-order chi connectivity index (χ1) is 14.6. The molecule has 2 aliphatic rings. The molecule has 2 aliphatic heterocycles. The average Bonchev–Trinajstić information content (AvgIpc) is 2.78. The zero-order valence-corrected chi connectivity index (χ0v) is 18.3. The summed E-state index contributed by atoms with van der Waals surface area (Å²) in [6.45, 7) is 8.86. The molecule has 0 spiro atoms. The van der Waals surface area contributed by atoms with E-state index in [0.29, 0.717) is 18.8 Å². The first kappa shape index (κ1) is 22.2. The van der Waals surface area contributed by atoms with Crippen molar-refractivity contribution in [2.75, 3.05) is 59.5 Å². The van der Waals surface area contributed by atoms with E-state index in [-0.39, 0.29) is 11.7 Å². The highest BCUT2D eigenvalue weighted by Gasteiger charge is 2.24. The lowest BCUT2D eigenvalue weighted by Gasteiger charge is -2.37. The number of para-hydroxylation sites is 1. The Morgan fingerprint density at radius 1 is 1.10 bits per heavy atom. The van der Waals surface area contributed by atoms with Crippen LogP contribution in [0.25, 0.3) is 0 Å². The van der Waals surface area contributed by atoms with Gasteiger partial charge in [0.15, 0.2) is 17.5 Å². The van der Waals surface area contributed by atoms with Gasteiger partial charge in [0.05, 0.1) is 20.2 Å². The van der Waals surface area contributed by atoms with E-state index in [4.69, 9.17) is 9.73 Å². The van der Waals surface area contributed by atoms with Crippen LogP contribution in [-0.4, -0.2) is 91.1 Å². The van der Waals surface area contributed by atoms with E-state index < -0.39 is 0 Å². The molecule has 1 aromatic carbocycles. The maximum Gasteiger partial charge on any atom is 0.236 e. The summed E-state index contributed by atoms with van der Waals surface area (Å²) >= 11 is 0. The van der Waals surface area contributed by atoms with Crippen molar-refractivity contribution >= 4 is 11.9 Å². The second kappa shape index (κ2) is 11.1. The first-order valence-corrected chi connectivity index (χ1v) is 11.0. The summed E-state index contributed by atoms with van der Waals surface area (Å²) in [5.41, 5.74) is 0.732. The number of amides is 1. The molecule has 0 bridgehead atoms. The molecule has 1 amide bonds. The summed E-state index contributed by atoms with van der Waals surface area (Å²) in [7, 11) is 1.54. The average molecular weight is 418 g/mol. The zero-order chi connectivity index (χ0) is 21.3. The van der Waals surface area contributed by atoms with Crippen LogP contribution in [0.5, 0.6) is 11.5 Å². The molecule has 2 N–H and O–H groups in total. The molecule has 2 saturated heterocycles. The monoisotopic (exact) mass is 417 g/mol. The molecule has 2 fully saturated rings. The standard InChI is InChI=1S/C22H35N5O3/c1-3-23-22(24-16-18-8-7-9-19(30-2)21(18)29)27-14-12-25(13-15-27)17-20(28)26-10-5-4-6-11-26/h7-9,29H,3-6,10-17H2,1-2H3,(H,23,24). The topological polar surface area (TPSA) is 80.6 Å². The summed E-state index contributed by atoms with van der Waals surface area (Å²) < 4.78 is 5.18. The van der Waals surface area contributed by atoms with Crippen molar-refractivity contribution < 1.29 is 14.6 Å². The lowest BCUT2D eigenvalue weighted by molar-refractivity contribution is -0.133. The number of aliphatic imine (C=N–C) groups is 1. The maximum atomic E-state index is 12.5. The fourth-order valence-corrected chi connectivity index (χ4v) is 4.00. The van der Waals surface area contributed by atoms with Crippen molar-refractivity contribution in [3.05, 3.63) is 23.8 Å². The van der Waals surface area contributed by atoms with Gasteiger partial charge in [0.25, 0.3) is 0 Å². The van der Waals surface area contributed by atoms with E-state index in [1.807, 2.05) is 24.0 Å². The predicted octanol–water partition coefficient (Wildman–Crippen LogP) is 1.50. The molecule has 1 aromatic rings. The van der Waals surface area contributed by atoms with Gasteiger partial charge in [0, 0.05) is 51.4 Å². The van der Waals surface area contributed by atoms with Crippen LogP contribution < -0.4 is 10.1 Å². The highest BCUT2D eigenvalue weighted by molar-refractivity contribution is 5.80. The van der Waals surface area contributed by atoms with E-state index in [9.17, 15) is 9.90 Å². The number of aromatic hydroxyl groups is 1. The number of guanidine groups is 1. The van der Waals surface area contributed by atoms with Gasteiger partial charge in [0.1, 0.15) is 0 Å². The minimum atomic E-state index is 0.139. The minimum Gasteiger partial charge on any atom is -0.504 e. The van der Waals surface area contributed by atoms with Crippen LogP contribution in [0.1, 0.15) is 31.7 Å². The molecule has 0 aromatic heterocycles. The number of hydrogen-bond acceptors (Lipinski definition) is 5. The summed E-state index contributed by atoms with van der Waals surface area (Å²) in [6.07, 6.45) is 3.50. The van der Waals surface area contributed by atoms with Crippen LogP contribution >= 0.6 is 0 Å². The molecule has 3 rings (SSSR count). The van der Waals surface area contributed by atoms with Gasteiger partial charge >= 0.3 is 0 Å².